The van der Waals surface area contributed by atoms with Crippen molar-refractivity contribution in [3.63, 3.8) is 0 Å². The normalized spacial score (nSPS) is 19.7. The summed E-state index contributed by atoms with van der Waals surface area (Å²) in [4.78, 5) is 12.3. The maximum Gasteiger partial charge on any atom is 0.265 e. The maximum absolute atomic E-state index is 12.3. The molecule has 0 spiro atoms. The van der Waals surface area contributed by atoms with E-state index < -0.39 is 0 Å². The average molecular weight is 306 g/mol. The van der Waals surface area contributed by atoms with Crippen molar-refractivity contribution in [3.05, 3.63) is 83.9 Å². The highest BCUT2D eigenvalue weighted by atomic mass is 16.2. The molecular formula is C20H22N2O. The molecule has 1 unspecified atom stereocenters. The van der Waals surface area contributed by atoms with Crippen molar-refractivity contribution >= 4 is 5.91 Å². The minimum absolute atomic E-state index is 0.114. The predicted octanol–water partition coefficient (Wildman–Crippen LogP) is 3.73. The van der Waals surface area contributed by atoms with Gasteiger partial charge in [0, 0.05) is 5.56 Å². The SMILES string of the molecule is C=CCC1(NNC(=O)c2ccccc2)CCCc2ccccc21. The molecule has 0 aromatic heterocycles. The third-order valence-electron chi connectivity index (χ3n) is 4.53. The second-order valence-corrected chi connectivity index (χ2v) is 6.03. The van der Waals surface area contributed by atoms with Crippen molar-refractivity contribution in [1.82, 2.24) is 10.9 Å². The quantitative estimate of drug-likeness (QED) is 0.653. The summed E-state index contributed by atoms with van der Waals surface area (Å²) < 4.78 is 0. The van der Waals surface area contributed by atoms with Crippen LogP contribution in [0, 0.1) is 0 Å². The zero-order valence-electron chi connectivity index (χ0n) is 13.2. The second-order valence-electron chi connectivity index (χ2n) is 6.03. The van der Waals surface area contributed by atoms with Gasteiger partial charge < -0.3 is 0 Å². The molecule has 2 aromatic rings. The third-order valence-corrected chi connectivity index (χ3v) is 4.53. The number of fused-ring (bicyclic) bond motifs is 1. The summed E-state index contributed by atoms with van der Waals surface area (Å²) in [6.45, 7) is 3.91. The van der Waals surface area contributed by atoms with Crippen LogP contribution in [0.25, 0.3) is 0 Å². The van der Waals surface area contributed by atoms with Crippen molar-refractivity contribution in [2.24, 2.45) is 0 Å². The Morgan fingerprint density at radius 2 is 1.87 bits per heavy atom. The van der Waals surface area contributed by atoms with E-state index in [1.54, 1.807) is 0 Å². The van der Waals surface area contributed by atoms with Crippen molar-refractivity contribution in [2.45, 2.75) is 31.2 Å². The van der Waals surface area contributed by atoms with Crippen LogP contribution in [0.15, 0.2) is 67.3 Å². The van der Waals surface area contributed by atoms with Gasteiger partial charge in [-0.3, -0.25) is 10.2 Å². The van der Waals surface area contributed by atoms with E-state index in [2.05, 4.69) is 41.7 Å². The van der Waals surface area contributed by atoms with Gasteiger partial charge in [-0.1, -0.05) is 48.5 Å². The standard InChI is InChI=1S/C20H22N2O/c1-2-14-20(15-8-12-16-9-6-7-13-18(16)20)22-21-19(23)17-10-4-3-5-11-17/h2-7,9-11,13,22H,1,8,12,14-15H2,(H,21,23). The zero-order chi connectivity index (χ0) is 16.1. The largest absolute Gasteiger partial charge is 0.287 e. The molecular weight excluding hydrogens is 284 g/mol. The summed E-state index contributed by atoms with van der Waals surface area (Å²) in [6, 6.07) is 17.7. The molecule has 0 bridgehead atoms. The Kier molecular flexibility index (Phi) is 4.58. The highest BCUT2D eigenvalue weighted by Gasteiger charge is 2.35. The lowest BCUT2D eigenvalue weighted by Crippen LogP contribution is -2.53. The molecule has 1 atom stereocenters. The number of rotatable bonds is 5. The molecule has 0 saturated heterocycles. The number of benzene rings is 2. The van der Waals surface area contributed by atoms with Gasteiger partial charge in [0.2, 0.25) is 0 Å². The van der Waals surface area contributed by atoms with Crippen LogP contribution in [0.4, 0.5) is 0 Å². The molecule has 0 heterocycles. The third kappa shape index (κ3) is 3.20. The van der Waals surface area contributed by atoms with E-state index in [0.29, 0.717) is 5.56 Å². The van der Waals surface area contributed by atoms with E-state index in [1.165, 1.54) is 11.1 Å². The van der Waals surface area contributed by atoms with Crippen LogP contribution >= 0.6 is 0 Å². The van der Waals surface area contributed by atoms with Crippen molar-refractivity contribution in [2.75, 3.05) is 0 Å². The molecule has 2 N–H and O–H groups in total. The average Bonchev–Trinajstić information content (AvgIpc) is 2.61. The Morgan fingerprint density at radius 1 is 1.13 bits per heavy atom. The molecule has 0 saturated carbocycles. The minimum atomic E-state index is -0.277. The molecule has 0 fully saturated rings. The molecule has 23 heavy (non-hydrogen) atoms. The number of amides is 1. The van der Waals surface area contributed by atoms with Crippen molar-refractivity contribution in [3.8, 4) is 0 Å². The van der Waals surface area contributed by atoms with E-state index in [4.69, 9.17) is 0 Å². The zero-order valence-corrected chi connectivity index (χ0v) is 13.2. The van der Waals surface area contributed by atoms with Crippen LogP contribution in [0.2, 0.25) is 0 Å². The molecule has 118 valence electrons. The van der Waals surface area contributed by atoms with Gasteiger partial charge >= 0.3 is 0 Å². The summed E-state index contributed by atoms with van der Waals surface area (Å²) in [5.74, 6) is -0.114. The number of aryl methyl sites for hydroxylation is 1. The first-order valence-corrected chi connectivity index (χ1v) is 8.07. The Balaban J connectivity index is 1.83. The maximum atomic E-state index is 12.3. The van der Waals surface area contributed by atoms with Crippen molar-refractivity contribution < 1.29 is 4.79 Å². The first-order valence-electron chi connectivity index (χ1n) is 8.07. The Morgan fingerprint density at radius 3 is 2.65 bits per heavy atom. The molecule has 0 radical (unpaired) electrons. The van der Waals surface area contributed by atoms with Crippen molar-refractivity contribution in [1.29, 1.82) is 0 Å². The molecule has 1 amide bonds. The Labute approximate surface area is 137 Å². The Bertz CT molecular complexity index is 696. The van der Waals surface area contributed by atoms with Gasteiger partial charge in [0.05, 0.1) is 5.54 Å². The lowest BCUT2D eigenvalue weighted by atomic mass is 9.75. The highest BCUT2D eigenvalue weighted by Crippen LogP contribution is 2.37. The number of hydrogen-bond acceptors (Lipinski definition) is 2. The number of nitrogens with one attached hydrogen (secondary N) is 2. The number of hydrogen-bond donors (Lipinski definition) is 2. The fourth-order valence-electron chi connectivity index (χ4n) is 3.40. The van der Waals surface area contributed by atoms with Crippen LogP contribution in [-0.2, 0) is 12.0 Å². The fraction of sp³-hybridized carbons (Fsp3) is 0.250. The van der Waals surface area contributed by atoms with E-state index in [0.717, 1.165) is 25.7 Å². The van der Waals surface area contributed by atoms with Gasteiger partial charge in [-0.15, -0.1) is 6.58 Å². The van der Waals surface area contributed by atoms with Crippen LogP contribution in [0.5, 0.6) is 0 Å². The number of carbonyl (C=O) groups is 1. The summed E-state index contributed by atoms with van der Waals surface area (Å²) >= 11 is 0. The van der Waals surface area contributed by atoms with Gasteiger partial charge in [-0.05, 0) is 48.9 Å². The summed E-state index contributed by atoms with van der Waals surface area (Å²) in [5, 5.41) is 0. The number of carbonyl (C=O) groups excluding carboxylic acids is 1. The molecule has 1 aliphatic rings. The first kappa shape index (κ1) is 15.5. The number of hydrazine groups is 1. The van der Waals surface area contributed by atoms with Gasteiger partial charge in [-0.2, -0.15) is 0 Å². The van der Waals surface area contributed by atoms with Crippen LogP contribution < -0.4 is 10.9 Å². The van der Waals surface area contributed by atoms with Gasteiger partial charge in [0.25, 0.3) is 5.91 Å². The Hall–Kier alpha value is -2.39. The van der Waals surface area contributed by atoms with Crippen LogP contribution in [-0.4, -0.2) is 5.91 Å². The summed E-state index contributed by atoms with van der Waals surface area (Å²) in [6.07, 6.45) is 5.86. The molecule has 3 nitrogen and oxygen atoms in total. The predicted molar refractivity (Wildman–Crippen MR) is 92.9 cm³/mol. The van der Waals surface area contributed by atoms with E-state index in [1.807, 2.05) is 36.4 Å². The van der Waals surface area contributed by atoms with Crippen LogP contribution in [0.1, 0.15) is 40.7 Å². The monoisotopic (exact) mass is 306 g/mol. The molecule has 3 heteroatoms. The second kappa shape index (κ2) is 6.80. The van der Waals surface area contributed by atoms with Gasteiger partial charge in [0.15, 0.2) is 0 Å². The molecule has 1 aliphatic carbocycles. The van der Waals surface area contributed by atoms with Gasteiger partial charge in [0.1, 0.15) is 0 Å². The highest BCUT2D eigenvalue weighted by molar-refractivity contribution is 5.93. The molecule has 3 rings (SSSR count). The van der Waals surface area contributed by atoms with E-state index >= 15 is 0 Å². The van der Waals surface area contributed by atoms with E-state index in [9.17, 15) is 4.79 Å². The van der Waals surface area contributed by atoms with Crippen LogP contribution in [0.3, 0.4) is 0 Å². The smallest absolute Gasteiger partial charge is 0.265 e. The first-order chi connectivity index (χ1) is 11.2. The topological polar surface area (TPSA) is 41.1 Å². The molecule has 2 aromatic carbocycles. The fourth-order valence-corrected chi connectivity index (χ4v) is 3.40. The molecule has 0 aliphatic heterocycles. The minimum Gasteiger partial charge on any atom is -0.287 e. The van der Waals surface area contributed by atoms with E-state index in [-0.39, 0.29) is 11.4 Å². The lowest BCUT2D eigenvalue weighted by molar-refractivity contribution is 0.0894. The van der Waals surface area contributed by atoms with Gasteiger partial charge in [-0.25, -0.2) is 5.43 Å². The summed E-state index contributed by atoms with van der Waals surface area (Å²) in [5.41, 5.74) is 9.20. The lowest BCUT2D eigenvalue weighted by Gasteiger charge is -2.39. The summed E-state index contributed by atoms with van der Waals surface area (Å²) in [7, 11) is 0.